The normalized spacial score (nSPS) is 36.5. The second-order valence-corrected chi connectivity index (χ2v) is 7.80. The van der Waals surface area contributed by atoms with Gasteiger partial charge in [-0.1, -0.05) is 0 Å². The second-order valence-electron chi connectivity index (χ2n) is 5.75. The summed E-state index contributed by atoms with van der Waals surface area (Å²) in [5.41, 5.74) is 0. The van der Waals surface area contributed by atoms with Crippen LogP contribution in [0.3, 0.4) is 0 Å². The minimum atomic E-state index is -3.19. The van der Waals surface area contributed by atoms with Crippen LogP contribution in [0.4, 0.5) is 0 Å². The summed E-state index contributed by atoms with van der Waals surface area (Å²) in [6, 6.07) is 0.562. The van der Waals surface area contributed by atoms with Crippen LogP contribution in [-0.2, 0) is 14.8 Å². The Morgan fingerprint density at radius 3 is 3.05 bits per heavy atom. The summed E-state index contributed by atoms with van der Waals surface area (Å²) in [4.78, 5) is 2.43. The molecule has 0 aliphatic carbocycles. The Morgan fingerprint density at radius 2 is 2.26 bits per heavy atom. The van der Waals surface area contributed by atoms with Crippen molar-refractivity contribution in [1.82, 2.24) is 14.9 Å². The maximum atomic E-state index is 12.1. The summed E-state index contributed by atoms with van der Waals surface area (Å²) in [5, 5.41) is 2.81. The molecule has 3 aliphatic rings. The van der Waals surface area contributed by atoms with E-state index in [9.17, 15) is 8.42 Å². The molecule has 3 heterocycles. The SMILES string of the molecule is O=S(=O)(NCC1CN2CCCC2CO1)C1CCNC1. The Labute approximate surface area is 114 Å². The number of fused-ring (bicyclic) bond motifs is 1. The minimum Gasteiger partial charge on any atom is -0.374 e. The van der Waals surface area contributed by atoms with Gasteiger partial charge in [0.05, 0.1) is 18.0 Å². The number of morpholine rings is 1. The van der Waals surface area contributed by atoms with E-state index in [0.717, 1.165) is 26.2 Å². The van der Waals surface area contributed by atoms with Crippen LogP contribution in [0.1, 0.15) is 19.3 Å². The fourth-order valence-electron chi connectivity index (χ4n) is 3.23. The van der Waals surface area contributed by atoms with E-state index >= 15 is 0 Å². The molecule has 7 heteroatoms. The molecule has 0 bridgehead atoms. The first-order chi connectivity index (χ1) is 9.15. The van der Waals surface area contributed by atoms with Gasteiger partial charge in [-0.2, -0.15) is 0 Å². The van der Waals surface area contributed by atoms with Gasteiger partial charge in [0.15, 0.2) is 0 Å². The molecule has 0 aromatic carbocycles. The molecule has 0 aromatic heterocycles. The lowest BCUT2D eigenvalue weighted by atomic mass is 10.2. The van der Waals surface area contributed by atoms with Gasteiger partial charge >= 0.3 is 0 Å². The molecule has 3 unspecified atom stereocenters. The third-order valence-corrected chi connectivity index (χ3v) is 6.28. The number of sulfonamides is 1. The fourth-order valence-corrected chi connectivity index (χ4v) is 4.65. The van der Waals surface area contributed by atoms with Crippen LogP contribution in [0.15, 0.2) is 0 Å². The van der Waals surface area contributed by atoms with Crippen molar-refractivity contribution in [3.05, 3.63) is 0 Å². The molecular weight excluding hydrogens is 266 g/mol. The first-order valence-corrected chi connectivity index (χ1v) is 8.74. The molecule has 0 spiro atoms. The molecule has 0 aromatic rings. The van der Waals surface area contributed by atoms with Gasteiger partial charge in [0, 0.05) is 25.7 Å². The predicted molar refractivity (Wildman–Crippen MR) is 72.5 cm³/mol. The van der Waals surface area contributed by atoms with E-state index in [0.29, 0.717) is 25.6 Å². The zero-order chi connectivity index (χ0) is 13.3. The van der Waals surface area contributed by atoms with Crippen molar-refractivity contribution >= 4 is 10.0 Å². The van der Waals surface area contributed by atoms with Gasteiger partial charge in [-0.05, 0) is 32.4 Å². The number of nitrogens with zero attached hydrogens (tertiary/aromatic N) is 1. The molecule has 0 amide bonds. The molecule has 3 fully saturated rings. The zero-order valence-corrected chi connectivity index (χ0v) is 12.0. The highest BCUT2D eigenvalue weighted by atomic mass is 32.2. The largest absolute Gasteiger partial charge is 0.374 e. The Kier molecular flexibility index (Phi) is 4.09. The summed E-state index contributed by atoms with van der Waals surface area (Å²) < 4.78 is 32.7. The van der Waals surface area contributed by atoms with Gasteiger partial charge in [0.1, 0.15) is 0 Å². The maximum absolute atomic E-state index is 12.1. The van der Waals surface area contributed by atoms with Crippen molar-refractivity contribution in [3.63, 3.8) is 0 Å². The van der Waals surface area contributed by atoms with E-state index in [1.54, 1.807) is 0 Å². The van der Waals surface area contributed by atoms with Gasteiger partial charge in [0.25, 0.3) is 0 Å². The first-order valence-electron chi connectivity index (χ1n) is 7.20. The third-order valence-electron chi connectivity index (χ3n) is 4.43. The van der Waals surface area contributed by atoms with Crippen LogP contribution in [0.5, 0.6) is 0 Å². The molecular formula is C12H23N3O3S. The Balaban J connectivity index is 1.49. The van der Waals surface area contributed by atoms with Crippen molar-refractivity contribution in [3.8, 4) is 0 Å². The summed E-state index contributed by atoms with van der Waals surface area (Å²) in [5.74, 6) is 0. The van der Waals surface area contributed by atoms with Crippen molar-refractivity contribution in [2.45, 2.75) is 36.7 Å². The average molecular weight is 289 g/mol. The van der Waals surface area contributed by atoms with Crippen LogP contribution in [-0.4, -0.2) is 70.0 Å². The van der Waals surface area contributed by atoms with E-state index in [1.165, 1.54) is 12.8 Å². The number of ether oxygens (including phenoxy) is 1. The molecule has 110 valence electrons. The fraction of sp³-hybridized carbons (Fsp3) is 1.00. The van der Waals surface area contributed by atoms with E-state index in [4.69, 9.17) is 4.74 Å². The quantitative estimate of drug-likeness (QED) is 0.704. The van der Waals surface area contributed by atoms with Crippen molar-refractivity contribution in [2.75, 3.05) is 39.3 Å². The van der Waals surface area contributed by atoms with Crippen molar-refractivity contribution < 1.29 is 13.2 Å². The molecule has 3 rings (SSSR count). The lowest BCUT2D eigenvalue weighted by Crippen LogP contribution is -2.51. The highest BCUT2D eigenvalue weighted by molar-refractivity contribution is 7.90. The molecule has 19 heavy (non-hydrogen) atoms. The van der Waals surface area contributed by atoms with Crippen LogP contribution >= 0.6 is 0 Å². The van der Waals surface area contributed by atoms with Gasteiger partial charge < -0.3 is 10.1 Å². The first kappa shape index (κ1) is 13.8. The molecule has 2 N–H and O–H groups in total. The van der Waals surface area contributed by atoms with Crippen LogP contribution < -0.4 is 10.0 Å². The maximum Gasteiger partial charge on any atom is 0.215 e. The van der Waals surface area contributed by atoms with Crippen LogP contribution in [0.2, 0.25) is 0 Å². The third kappa shape index (κ3) is 3.11. The van der Waals surface area contributed by atoms with Gasteiger partial charge in [-0.15, -0.1) is 0 Å². The molecule has 0 radical (unpaired) electrons. The minimum absolute atomic E-state index is 0.00140. The zero-order valence-electron chi connectivity index (χ0n) is 11.2. The number of nitrogens with one attached hydrogen (secondary N) is 2. The topological polar surface area (TPSA) is 70.7 Å². The lowest BCUT2D eigenvalue weighted by molar-refractivity contribution is -0.0449. The van der Waals surface area contributed by atoms with E-state index in [1.807, 2.05) is 0 Å². The monoisotopic (exact) mass is 289 g/mol. The lowest BCUT2D eigenvalue weighted by Gasteiger charge is -2.35. The summed E-state index contributed by atoms with van der Waals surface area (Å²) in [6.45, 7) is 4.50. The summed E-state index contributed by atoms with van der Waals surface area (Å²) in [6.07, 6.45) is 3.15. The molecule has 6 nitrogen and oxygen atoms in total. The highest BCUT2D eigenvalue weighted by Gasteiger charge is 2.34. The van der Waals surface area contributed by atoms with Gasteiger partial charge in [-0.3, -0.25) is 4.90 Å². The summed E-state index contributed by atoms with van der Waals surface area (Å²) >= 11 is 0. The smallest absolute Gasteiger partial charge is 0.215 e. The second kappa shape index (κ2) is 5.65. The number of hydrogen-bond acceptors (Lipinski definition) is 5. The summed E-state index contributed by atoms with van der Waals surface area (Å²) in [7, 11) is -3.19. The van der Waals surface area contributed by atoms with Crippen molar-refractivity contribution in [2.24, 2.45) is 0 Å². The Hall–Kier alpha value is -0.210. The molecule has 3 saturated heterocycles. The Morgan fingerprint density at radius 1 is 1.37 bits per heavy atom. The van der Waals surface area contributed by atoms with E-state index < -0.39 is 10.0 Å². The van der Waals surface area contributed by atoms with Gasteiger partial charge in [-0.25, -0.2) is 13.1 Å². The Bertz CT molecular complexity index is 408. The molecule has 0 saturated carbocycles. The highest BCUT2D eigenvalue weighted by Crippen LogP contribution is 2.22. The van der Waals surface area contributed by atoms with Crippen LogP contribution in [0.25, 0.3) is 0 Å². The van der Waals surface area contributed by atoms with Crippen molar-refractivity contribution in [1.29, 1.82) is 0 Å². The van der Waals surface area contributed by atoms with Gasteiger partial charge in [0.2, 0.25) is 10.0 Å². The average Bonchev–Trinajstić information content (AvgIpc) is 3.07. The molecule has 3 atom stereocenters. The van der Waals surface area contributed by atoms with E-state index in [-0.39, 0.29) is 11.4 Å². The van der Waals surface area contributed by atoms with E-state index in [2.05, 4.69) is 14.9 Å². The number of hydrogen-bond donors (Lipinski definition) is 2. The molecule has 3 aliphatic heterocycles. The predicted octanol–water partition coefficient (Wildman–Crippen LogP) is -0.869. The van der Waals surface area contributed by atoms with Crippen LogP contribution in [0, 0.1) is 0 Å². The number of rotatable bonds is 4. The standard InChI is InChI=1S/C12H23N3O3S/c16-19(17,12-3-4-13-7-12)14-6-11-8-15-5-1-2-10(15)9-18-11/h10-14H,1-9H2.